The first kappa shape index (κ1) is 19.5. The average molecular weight is 411 g/mol. The molecule has 2 bridgehead atoms. The van der Waals surface area contributed by atoms with Crippen LogP contribution in [0.25, 0.3) is 0 Å². The highest BCUT2D eigenvalue weighted by Crippen LogP contribution is 2.80. The first-order valence-corrected chi connectivity index (χ1v) is 11.8. The maximum absolute atomic E-state index is 10.1. The Kier molecular flexibility index (Phi) is 4.02. The Morgan fingerprint density at radius 1 is 1.07 bits per heavy atom. The molecule has 1 heterocycles. The van der Waals surface area contributed by atoms with Crippen LogP contribution in [0.3, 0.4) is 0 Å². The van der Waals surface area contributed by atoms with E-state index >= 15 is 0 Å². The average Bonchev–Trinajstić information content (AvgIpc) is 3.41. The molecule has 2 unspecified atom stereocenters. The van der Waals surface area contributed by atoms with Crippen molar-refractivity contribution < 1.29 is 19.7 Å². The van der Waals surface area contributed by atoms with Gasteiger partial charge in [-0.3, -0.25) is 0 Å². The standard InChI is InChI=1S/C26H34O4/c1-23-8-7-20-19-5-3-18(22(28)16-27)15-17(19)4-6-21(20)25(23)9-11-26(23,12-10-25)24(2)29-13-14-30-24/h3,5,9,11,15,20-22,27-28H,4,6-8,10,12-14,16H2,1-2H3/t20-,21-,22?,23+,25?,26+/m1/s1. The molecule has 0 amide bonds. The van der Waals surface area contributed by atoms with Crippen molar-refractivity contribution in [2.24, 2.45) is 22.2 Å². The molecule has 0 spiro atoms. The fourth-order valence-electron chi connectivity index (χ4n) is 8.69. The van der Waals surface area contributed by atoms with E-state index < -0.39 is 11.9 Å². The van der Waals surface area contributed by atoms with Crippen molar-refractivity contribution in [2.45, 2.75) is 70.2 Å². The molecule has 4 heteroatoms. The number of allylic oxidation sites excluding steroid dienone is 1. The molecule has 2 saturated carbocycles. The summed E-state index contributed by atoms with van der Waals surface area (Å²) in [4.78, 5) is 0. The Balaban J connectivity index is 1.39. The number of hydrogen-bond acceptors (Lipinski definition) is 4. The van der Waals surface area contributed by atoms with Gasteiger partial charge in [-0.25, -0.2) is 0 Å². The maximum Gasteiger partial charge on any atom is 0.175 e. The van der Waals surface area contributed by atoms with E-state index in [2.05, 4.69) is 38.1 Å². The molecular weight excluding hydrogens is 376 g/mol. The second-order valence-electron chi connectivity index (χ2n) is 10.8. The number of ether oxygens (including phenoxy) is 2. The molecule has 1 aromatic carbocycles. The lowest BCUT2D eigenvalue weighted by Crippen LogP contribution is -2.57. The van der Waals surface area contributed by atoms with E-state index in [9.17, 15) is 10.2 Å². The molecule has 0 aromatic heterocycles. The SMILES string of the molecule is CC1([C@@]23C=CC4(CC2)[C@@H]2CCc5cc(C(O)CO)ccc5[C@H]2CC[C@@]43C)OCCO1. The Hall–Kier alpha value is -1.20. The number of hydrogen-bond donors (Lipinski definition) is 2. The maximum atomic E-state index is 10.1. The van der Waals surface area contributed by atoms with E-state index in [0.717, 1.165) is 18.4 Å². The van der Waals surface area contributed by atoms with Crippen LogP contribution in [0.15, 0.2) is 30.4 Å². The van der Waals surface area contributed by atoms with Gasteiger partial charge in [0, 0.05) is 5.41 Å². The minimum Gasteiger partial charge on any atom is -0.393 e. The van der Waals surface area contributed by atoms with Gasteiger partial charge in [0.25, 0.3) is 0 Å². The van der Waals surface area contributed by atoms with Gasteiger partial charge in [0.05, 0.1) is 19.8 Å². The zero-order chi connectivity index (χ0) is 20.8. The summed E-state index contributed by atoms with van der Waals surface area (Å²) in [5.74, 6) is 0.743. The van der Waals surface area contributed by atoms with Gasteiger partial charge in [0.2, 0.25) is 0 Å². The number of rotatable bonds is 3. The Morgan fingerprint density at radius 2 is 1.87 bits per heavy atom. The Morgan fingerprint density at radius 3 is 2.57 bits per heavy atom. The third-order valence-electron chi connectivity index (χ3n) is 10.2. The molecule has 2 N–H and O–H groups in total. The molecule has 1 aromatic rings. The van der Waals surface area contributed by atoms with E-state index in [1.807, 2.05) is 6.07 Å². The molecule has 1 saturated heterocycles. The minimum absolute atomic E-state index is 0.0170. The van der Waals surface area contributed by atoms with E-state index in [1.54, 1.807) is 0 Å². The number of benzene rings is 1. The summed E-state index contributed by atoms with van der Waals surface area (Å²) in [6, 6.07) is 6.41. The first-order chi connectivity index (χ1) is 14.4. The summed E-state index contributed by atoms with van der Waals surface area (Å²) >= 11 is 0. The smallest absolute Gasteiger partial charge is 0.175 e. The van der Waals surface area contributed by atoms with E-state index in [4.69, 9.17) is 9.47 Å². The summed E-state index contributed by atoms with van der Waals surface area (Å²) in [6.45, 7) is 5.91. The highest BCUT2D eigenvalue weighted by molar-refractivity contribution is 5.44. The van der Waals surface area contributed by atoms with Gasteiger partial charge in [0.1, 0.15) is 6.10 Å². The molecule has 162 valence electrons. The predicted octanol–water partition coefficient (Wildman–Crippen LogP) is 4.26. The Bertz CT molecular complexity index is 902. The number of aryl methyl sites for hydroxylation is 1. The van der Waals surface area contributed by atoms with Crippen LogP contribution in [0.5, 0.6) is 0 Å². The second kappa shape index (κ2) is 6.19. The van der Waals surface area contributed by atoms with Gasteiger partial charge in [-0.15, -0.1) is 0 Å². The molecule has 6 rings (SSSR count). The Labute approximate surface area is 179 Å². The van der Waals surface area contributed by atoms with Gasteiger partial charge in [-0.05, 0) is 84.8 Å². The van der Waals surface area contributed by atoms with Crippen molar-refractivity contribution in [1.29, 1.82) is 0 Å². The quantitative estimate of drug-likeness (QED) is 0.731. The lowest BCUT2D eigenvalue weighted by molar-refractivity contribution is -0.245. The predicted molar refractivity (Wildman–Crippen MR) is 114 cm³/mol. The van der Waals surface area contributed by atoms with E-state index in [0.29, 0.717) is 25.0 Å². The van der Waals surface area contributed by atoms with Crippen LogP contribution in [0.4, 0.5) is 0 Å². The van der Waals surface area contributed by atoms with Crippen LogP contribution in [0.1, 0.15) is 74.7 Å². The second-order valence-corrected chi connectivity index (χ2v) is 10.8. The number of aliphatic hydroxyl groups excluding tert-OH is 2. The largest absolute Gasteiger partial charge is 0.393 e. The third-order valence-corrected chi connectivity index (χ3v) is 10.2. The van der Waals surface area contributed by atoms with Crippen LogP contribution in [0, 0.1) is 22.2 Å². The van der Waals surface area contributed by atoms with Gasteiger partial charge in [0.15, 0.2) is 5.79 Å². The lowest BCUT2D eigenvalue weighted by atomic mass is 9.46. The zero-order valence-corrected chi connectivity index (χ0v) is 18.2. The molecule has 30 heavy (non-hydrogen) atoms. The summed E-state index contributed by atoms with van der Waals surface area (Å²) in [5.41, 5.74) is 4.10. The monoisotopic (exact) mass is 410 g/mol. The van der Waals surface area contributed by atoms with Crippen LogP contribution in [-0.4, -0.2) is 35.8 Å². The molecule has 6 atom stereocenters. The fraction of sp³-hybridized carbons (Fsp3) is 0.692. The molecule has 5 aliphatic rings. The highest BCUT2D eigenvalue weighted by Gasteiger charge is 2.76. The topological polar surface area (TPSA) is 58.9 Å². The summed E-state index contributed by atoms with van der Waals surface area (Å²) in [6.07, 6.45) is 11.4. The minimum atomic E-state index is -0.776. The number of fused-ring (bicyclic) bond motifs is 3. The summed E-state index contributed by atoms with van der Waals surface area (Å²) in [5, 5.41) is 19.4. The van der Waals surface area contributed by atoms with Gasteiger partial charge < -0.3 is 19.7 Å². The van der Waals surface area contributed by atoms with Crippen molar-refractivity contribution >= 4 is 0 Å². The molecule has 4 aliphatic carbocycles. The van der Waals surface area contributed by atoms with Gasteiger partial charge in [-0.2, -0.15) is 0 Å². The molecular formula is C26H34O4. The van der Waals surface area contributed by atoms with Crippen LogP contribution in [-0.2, 0) is 15.9 Å². The number of aliphatic hydroxyl groups is 2. The van der Waals surface area contributed by atoms with Crippen molar-refractivity contribution in [1.82, 2.24) is 0 Å². The lowest BCUT2D eigenvalue weighted by Gasteiger charge is -2.59. The van der Waals surface area contributed by atoms with Crippen molar-refractivity contribution in [3.8, 4) is 0 Å². The van der Waals surface area contributed by atoms with E-state index in [-0.39, 0.29) is 22.9 Å². The van der Waals surface area contributed by atoms with Gasteiger partial charge in [-0.1, -0.05) is 37.3 Å². The molecule has 0 radical (unpaired) electrons. The normalized spacial score (nSPS) is 43.9. The van der Waals surface area contributed by atoms with Crippen LogP contribution >= 0.6 is 0 Å². The fourth-order valence-corrected chi connectivity index (χ4v) is 8.69. The summed E-state index contributed by atoms with van der Waals surface area (Å²) in [7, 11) is 0. The molecule has 3 fully saturated rings. The van der Waals surface area contributed by atoms with Crippen molar-refractivity contribution in [3.05, 3.63) is 47.0 Å². The summed E-state index contributed by atoms with van der Waals surface area (Å²) < 4.78 is 12.6. The zero-order valence-electron chi connectivity index (χ0n) is 18.2. The molecule has 4 nitrogen and oxygen atoms in total. The first-order valence-electron chi connectivity index (χ1n) is 11.8. The van der Waals surface area contributed by atoms with E-state index in [1.165, 1.54) is 36.8 Å². The van der Waals surface area contributed by atoms with Gasteiger partial charge >= 0.3 is 0 Å². The highest BCUT2D eigenvalue weighted by atomic mass is 16.7. The third kappa shape index (κ3) is 2.07. The molecule has 1 aliphatic heterocycles. The van der Waals surface area contributed by atoms with Crippen molar-refractivity contribution in [2.75, 3.05) is 19.8 Å². The van der Waals surface area contributed by atoms with Crippen molar-refractivity contribution in [3.63, 3.8) is 0 Å². The van der Waals surface area contributed by atoms with Crippen LogP contribution < -0.4 is 0 Å². The van der Waals surface area contributed by atoms with Crippen LogP contribution in [0.2, 0.25) is 0 Å².